The van der Waals surface area contributed by atoms with Crippen LogP contribution in [-0.4, -0.2) is 71.3 Å². The van der Waals surface area contributed by atoms with Gasteiger partial charge in [0.05, 0.1) is 20.2 Å². The van der Waals surface area contributed by atoms with Crippen molar-refractivity contribution in [1.82, 2.24) is 15.1 Å². The Morgan fingerprint density at radius 3 is 2.48 bits per heavy atom. The van der Waals surface area contributed by atoms with Crippen molar-refractivity contribution in [2.45, 2.75) is 96.2 Å². The van der Waals surface area contributed by atoms with Crippen LogP contribution in [-0.2, 0) is 36.9 Å². The van der Waals surface area contributed by atoms with Crippen LogP contribution in [0.4, 0.5) is 9.59 Å². The minimum absolute atomic E-state index is 0.0300. The lowest BCUT2D eigenvalue weighted by molar-refractivity contribution is -0.152. The van der Waals surface area contributed by atoms with Crippen molar-refractivity contribution in [3.8, 4) is 0 Å². The quantitative estimate of drug-likeness (QED) is 0.409. The Kier molecular flexibility index (Phi) is 9.05. The van der Waals surface area contributed by atoms with Gasteiger partial charge in [-0.1, -0.05) is 50.1 Å². The predicted octanol–water partition coefficient (Wildman–Crippen LogP) is 4.40. The maximum absolute atomic E-state index is 14.0. The molecule has 4 rings (SSSR count). The summed E-state index contributed by atoms with van der Waals surface area (Å²) in [4.78, 5) is 55.6. The van der Waals surface area contributed by atoms with Crippen molar-refractivity contribution in [1.29, 1.82) is 0 Å². The SMILES string of the molecule is C=Cc1cccc2c1CN(C(=O)O[C@@H]1C[C@@H](C(=O)OC)N(C(=O)[C@@H](NC(=O)OC(C)(C)C)C3CCCCC3)C1)C2. The van der Waals surface area contributed by atoms with E-state index < -0.39 is 47.9 Å². The van der Waals surface area contributed by atoms with Crippen molar-refractivity contribution >= 4 is 30.1 Å². The molecule has 0 spiro atoms. The van der Waals surface area contributed by atoms with Gasteiger partial charge in [-0.3, -0.25) is 9.69 Å². The Morgan fingerprint density at radius 2 is 1.82 bits per heavy atom. The maximum atomic E-state index is 14.0. The van der Waals surface area contributed by atoms with Gasteiger partial charge in [0, 0.05) is 13.0 Å². The van der Waals surface area contributed by atoms with Gasteiger partial charge in [-0.2, -0.15) is 0 Å². The second-order valence-electron chi connectivity index (χ2n) is 11.8. The molecule has 0 aromatic heterocycles. The topological polar surface area (TPSA) is 114 Å². The van der Waals surface area contributed by atoms with Gasteiger partial charge in [0.2, 0.25) is 5.91 Å². The molecular formula is C30H41N3O7. The molecule has 1 aromatic rings. The molecule has 1 saturated heterocycles. The lowest BCUT2D eigenvalue weighted by Gasteiger charge is -2.34. The van der Waals surface area contributed by atoms with E-state index in [0.29, 0.717) is 13.1 Å². The Balaban J connectivity index is 1.48. The van der Waals surface area contributed by atoms with Crippen molar-refractivity contribution in [3.05, 3.63) is 41.5 Å². The first-order chi connectivity index (χ1) is 19.0. The summed E-state index contributed by atoms with van der Waals surface area (Å²) in [5.41, 5.74) is 2.32. The number of carbonyl (C=O) groups is 4. The number of nitrogens with zero attached hydrogens (tertiary/aromatic N) is 2. The van der Waals surface area contributed by atoms with Gasteiger partial charge in [-0.15, -0.1) is 0 Å². The van der Waals surface area contributed by atoms with Gasteiger partial charge in [0.1, 0.15) is 23.8 Å². The van der Waals surface area contributed by atoms with Crippen LogP contribution >= 0.6 is 0 Å². The molecule has 2 aliphatic heterocycles. The molecule has 1 saturated carbocycles. The summed E-state index contributed by atoms with van der Waals surface area (Å²) in [5.74, 6) is -1.07. The molecule has 1 aromatic carbocycles. The predicted molar refractivity (Wildman–Crippen MR) is 148 cm³/mol. The number of benzene rings is 1. The smallest absolute Gasteiger partial charge is 0.410 e. The third kappa shape index (κ3) is 6.77. The third-order valence-corrected chi connectivity index (χ3v) is 7.84. The number of alkyl carbamates (subject to hydrolysis) is 1. The van der Waals surface area contributed by atoms with E-state index >= 15 is 0 Å². The summed E-state index contributed by atoms with van der Waals surface area (Å²) >= 11 is 0. The van der Waals surface area contributed by atoms with Crippen LogP contribution < -0.4 is 5.32 Å². The summed E-state index contributed by atoms with van der Waals surface area (Å²) in [5, 5.41) is 2.79. The van der Waals surface area contributed by atoms with E-state index in [1.165, 1.54) is 12.0 Å². The molecule has 1 N–H and O–H groups in total. The minimum atomic E-state index is -0.926. The van der Waals surface area contributed by atoms with Crippen LogP contribution in [0, 0.1) is 5.92 Å². The molecule has 1 aliphatic carbocycles. The van der Waals surface area contributed by atoms with Gasteiger partial charge in [-0.25, -0.2) is 14.4 Å². The molecule has 10 heteroatoms. The number of amides is 3. The number of hydrogen-bond acceptors (Lipinski definition) is 7. The number of esters is 1. The number of methoxy groups -OCH3 is 1. The van der Waals surface area contributed by atoms with Crippen molar-refractivity contribution < 1.29 is 33.4 Å². The van der Waals surface area contributed by atoms with Crippen molar-refractivity contribution in [3.63, 3.8) is 0 Å². The largest absolute Gasteiger partial charge is 0.467 e. The van der Waals surface area contributed by atoms with Crippen molar-refractivity contribution in [2.24, 2.45) is 5.92 Å². The van der Waals surface area contributed by atoms with Crippen LogP contribution in [0.5, 0.6) is 0 Å². The lowest BCUT2D eigenvalue weighted by atomic mass is 9.83. The average Bonchev–Trinajstić information content (AvgIpc) is 3.55. The van der Waals surface area contributed by atoms with Gasteiger partial charge in [0.25, 0.3) is 0 Å². The third-order valence-electron chi connectivity index (χ3n) is 7.84. The van der Waals surface area contributed by atoms with E-state index in [9.17, 15) is 19.2 Å². The average molecular weight is 556 g/mol. The van der Waals surface area contributed by atoms with Gasteiger partial charge in [-0.05, 0) is 56.2 Å². The fourth-order valence-electron chi connectivity index (χ4n) is 5.93. The second kappa shape index (κ2) is 12.3. The zero-order valence-corrected chi connectivity index (χ0v) is 23.9. The highest BCUT2D eigenvalue weighted by molar-refractivity contribution is 5.90. The van der Waals surface area contributed by atoms with E-state index in [4.69, 9.17) is 14.2 Å². The zero-order chi connectivity index (χ0) is 29.0. The molecule has 3 atom stereocenters. The number of ether oxygens (including phenoxy) is 3. The molecule has 2 fully saturated rings. The van der Waals surface area contributed by atoms with Crippen LogP contribution in [0.3, 0.4) is 0 Å². The number of likely N-dealkylation sites (tertiary alicyclic amines) is 1. The highest BCUT2D eigenvalue weighted by Gasteiger charge is 2.46. The van der Waals surface area contributed by atoms with Gasteiger partial charge >= 0.3 is 18.2 Å². The molecule has 218 valence electrons. The van der Waals surface area contributed by atoms with Crippen molar-refractivity contribution in [2.75, 3.05) is 13.7 Å². The summed E-state index contributed by atoms with van der Waals surface area (Å²) < 4.78 is 16.3. The van der Waals surface area contributed by atoms with Crippen LogP contribution in [0.15, 0.2) is 24.8 Å². The summed E-state index contributed by atoms with van der Waals surface area (Å²) in [6, 6.07) is 4.07. The molecule has 10 nitrogen and oxygen atoms in total. The summed E-state index contributed by atoms with van der Waals surface area (Å²) in [6.45, 7) is 9.97. The highest BCUT2D eigenvalue weighted by Crippen LogP contribution is 2.32. The first-order valence-corrected chi connectivity index (χ1v) is 14.1. The number of carbonyl (C=O) groups excluding carboxylic acids is 4. The molecule has 0 unspecified atom stereocenters. The number of nitrogens with one attached hydrogen (secondary N) is 1. The molecule has 3 aliphatic rings. The first-order valence-electron chi connectivity index (χ1n) is 14.1. The Bertz CT molecular complexity index is 1140. The van der Waals surface area contributed by atoms with Crippen LogP contribution in [0.25, 0.3) is 6.08 Å². The van der Waals surface area contributed by atoms with E-state index in [1.54, 1.807) is 31.7 Å². The molecule has 0 radical (unpaired) electrons. The van der Waals surface area contributed by atoms with E-state index in [1.807, 2.05) is 18.2 Å². The zero-order valence-electron chi connectivity index (χ0n) is 23.9. The number of hydrogen-bond donors (Lipinski definition) is 1. The normalized spacial score (nSPS) is 21.8. The Labute approximate surface area is 236 Å². The number of fused-ring (bicyclic) bond motifs is 1. The molecule has 3 amide bonds. The summed E-state index contributed by atoms with van der Waals surface area (Å²) in [7, 11) is 1.26. The second-order valence-corrected chi connectivity index (χ2v) is 11.8. The Hall–Kier alpha value is -3.56. The lowest BCUT2D eigenvalue weighted by Crippen LogP contribution is -2.55. The Morgan fingerprint density at radius 1 is 1.10 bits per heavy atom. The molecular weight excluding hydrogens is 514 g/mol. The monoisotopic (exact) mass is 555 g/mol. The van der Waals surface area contributed by atoms with E-state index in [-0.39, 0.29) is 18.9 Å². The fourth-order valence-corrected chi connectivity index (χ4v) is 5.93. The molecule has 0 bridgehead atoms. The fraction of sp³-hybridized carbons (Fsp3) is 0.600. The highest BCUT2D eigenvalue weighted by atomic mass is 16.6. The van der Waals surface area contributed by atoms with Crippen LogP contribution in [0.2, 0.25) is 0 Å². The molecule has 2 heterocycles. The van der Waals surface area contributed by atoms with Gasteiger partial charge in [0.15, 0.2) is 0 Å². The van der Waals surface area contributed by atoms with E-state index in [2.05, 4.69) is 11.9 Å². The van der Waals surface area contributed by atoms with E-state index in [0.717, 1.165) is 48.8 Å². The maximum Gasteiger partial charge on any atom is 0.410 e. The summed E-state index contributed by atoms with van der Waals surface area (Å²) in [6.07, 6.45) is 4.55. The standard InChI is InChI=1S/C30H41N3O7/c1-6-19-13-10-14-21-16-32(18-23(19)21)29(37)39-22-15-24(27(35)38-5)33(17-22)26(34)25(20-11-8-7-9-12-20)31-28(36)40-30(2,3)4/h6,10,13-14,20,22,24-25H,1,7-9,11-12,15-18H2,2-5H3,(H,31,36)/t22-,24+,25+/m1/s1. The minimum Gasteiger partial charge on any atom is -0.467 e. The number of rotatable bonds is 6. The van der Waals surface area contributed by atoms with Gasteiger partial charge < -0.3 is 24.4 Å². The first kappa shape index (κ1) is 29.4. The van der Waals surface area contributed by atoms with Crippen LogP contribution in [0.1, 0.15) is 76.0 Å². The molecule has 40 heavy (non-hydrogen) atoms.